The quantitative estimate of drug-likeness (QED) is 0.885. The second-order valence-electron chi connectivity index (χ2n) is 7.80. The maximum atomic E-state index is 12.5. The minimum atomic E-state index is -0.494. The summed E-state index contributed by atoms with van der Waals surface area (Å²) >= 11 is 1.78. The third-order valence-corrected chi connectivity index (χ3v) is 5.83. The van der Waals surface area contributed by atoms with E-state index in [0.717, 1.165) is 29.9 Å². The molecule has 24 heavy (non-hydrogen) atoms. The van der Waals surface area contributed by atoms with Crippen molar-refractivity contribution in [1.29, 1.82) is 0 Å². The number of fused-ring (bicyclic) bond motifs is 1. The molecule has 0 radical (unpaired) electrons. The second-order valence-corrected chi connectivity index (χ2v) is 9.14. The Bertz CT molecular complexity index is 611. The highest BCUT2D eigenvalue weighted by Crippen LogP contribution is 2.38. The Balaban J connectivity index is 1.73. The molecule has 0 aromatic carbocycles. The van der Waals surface area contributed by atoms with Gasteiger partial charge in [0.05, 0.1) is 42.0 Å². The van der Waals surface area contributed by atoms with Crippen LogP contribution in [-0.4, -0.2) is 48.9 Å². The lowest BCUT2D eigenvalue weighted by atomic mass is 10.2. The Morgan fingerprint density at radius 1 is 1.42 bits per heavy atom. The van der Waals surface area contributed by atoms with E-state index in [1.54, 1.807) is 16.7 Å². The lowest BCUT2D eigenvalue weighted by Crippen LogP contribution is -2.47. The van der Waals surface area contributed by atoms with Crippen molar-refractivity contribution in [3.8, 4) is 0 Å². The number of rotatable bonds is 2. The number of nitrogens with zero attached hydrogens (tertiary/aromatic N) is 3. The fourth-order valence-electron chi connectivity index (χ4n) is 3.24. The molecule has 1 aromatic heterocycles. The number of aliphatic hydroxyl groups excluding tert-OH is 1. The molecule has 1 saturated carbocycles. The molecule has 1 aliphatic carbocycles. The highest BCUT2D eigenvalue weighted by Gasteiger charge is 2.33. The van der Waals surface area contributed by atoms with Crippen LogP contribution in [0.15, 0.2) is 11.1 Å². The molecule has 0 saturated heterocycles. The van der Waals surface area contributed by atoms with E-state index in [1.807, 2.05) is 38.6 Å². The summed E-state index contributed by atoms with van der Waals surface area (Å²) in [4.78, 5) is 15.4. The molecule has 1 aromatic rings. The van der Waals surface area contributed by atoms with Crippen LogP contribution in [-0.2, 0) is 17.8 Å². The lowest BCUT2D eigenvalue weighted by molar-refractivity contribution is 0.00878. The van der Waals surface area contributed by atoms with Crippen LogP contribution >= 0.6 is 11.8 Å². The average Bonchev–Trinajstić information content (AvgIpc) is 3.03. The van der Waals surface area contributed by atoms with E-state index in [1.165, 1.54) is 0 Å². The first-order valence-electron chi connectivity index (χ1n) is 8.62. The summed E-state index contributed by atoms with van der Waals surface area (Å²) in [6.07, 6.45) is 4.20. The molecule has 2 heterocycles. The van der Waals surface area contributed by atoms with Crippen molar-refractivity contribution >= 4 is 17.9 Å². The van der Waals surface area contributed by atoms with Gasteiger partial charge in [-0.1, -0.05) is 0 Å². The molecule has 6 nitrogen and oxygen atoms in total. The van der Waals surface area contributed by atoms with Gasteiger partial charge in [0, 0.05) is 5.25 Å². The van der Waals surface area contributed by atoms with Gasteiger partial charge < -0.3 is 9.84 Å². The van der Waals surface area contributed by atoms with Gasteiger partial charge >= 0.3 is 6.09 Å². The third kappa shape index (κ3) is 3.88. The molecule has 2 aliphatic rings. The number of carbonyl (C=O) groups is 1. The van der Waals surface area contributed by atoms with E-state index in [0.29, 0.717) is 18.3 Å². The van der Waals surface area contributed by atoms with Gasteiger partial charge in [-0.05, 0) is 47.0 Å². The highest BCUT2D eigenvalue weighted by molar-refractivity contribution is 8.00. The maximum absolute atomic E-state index is 12.5. The molecule has 1 N–H and O–H groups in total. The van der Waals surface area contributed by atoms with Crippen molar-refractivity contribution in [2.45, 2.75) is 87.9 Å². The van der Waals surface area contributed by atoms with Crippen LogP contribution in [0.3, 0.4) is 0 Å². The third-order valence-electron chi connectivity index (χ3n) is 4.48. The average molecular weight is 353 g/mol. The van der Waals surface area contributed by atoms with Crippen LogP contribution in [0.1, 0.15) is 52.7 Å². The van der Waals surface area contributed by atoms with E-state index in [4.69, 9.17) is 4.74 Å². The number of aromatic nitrogens is 2. The van der Waals surface area contributed by atoms with Crippen LogP contribution in [0.25, 0.3) is 0 Å². The Morgan fingerprint density at radius 2 is 2.17 bits per heavy atom. The Kier molecular flexibility index (Phi) is 4.84. The van der Waals surface area contributed by atoms with Gasteiger partial charge in [-0.2, -0.15) is 5.10 Å². The van der Waals surface area contributed by atoms with Crippen LogP contribution < -0.4 is 0 Å². The Labute approximate surface area is 147 Å². The van der Waals surface area contributed by atoms with Crippen molar-refractivity contribution in [3.05, 3.63) is 11.9 Å². The number of thioether (sulfide) groups is 1. The zero-order valence-electron chi connectivity index (χ0n) is 14.9. The van der Waals surface area contributed by atoms with E-state index in [2.05, 4.69) is 5.10 Å². The molecule has 3 rings (SSSR count). The van der Waals surface area contributed by atoms with Crippen LogP contribution in [0.2, 0.25) is 0 Å². The molecule has 0 bridgehead atoms. The molecular weight excluding hydrogens is 326 g/mol. The standard InChI is InChI=1S/C17H27N3O3S/c1-11-9-20-14(10-19(11)16(22)23-17(2,3)4)15(8-18-20)24-13-6-5-12(21)7-13/h8,11-13,21H,5-7,9-10H2,1-4H3/t11-,12?,13?/m0/s1. The van der Waals surface area contributed by atoms with Crippen molar-refractivity contribution in [3.63, 3.8) is 0 Å². The first-order valence-corrected chi connectivity index (χ1v) is 9.50. The Hall–Kier alpha value is -1.21. The predicted molar refractivity (Wildman–Crippen MR) is 93.0 cm³/mol. The molecule has 7 heteroatoms. The van der Waals surface area contributed by atoms with Gasteiger partial charge in [0.15, 0.2) is 0 Å². The topological polar surface area (TPSA) is 67.6 Å². The number of carbonyl (C=O) groups excluding carboxylic acids is 1. The Morgan fingerprint density at radius 3 is 2.79 bits per heavy atom. The number of ether oxygens (including phenoxy) is 1. The number of hydrogen-bond donors (Lipinski definition) is 1. The minimum absolute atomic E-state index is 0.0541. The normalized spacial score (nSPS) is 27.2. The van der Waals surface area contributed by atoms with Crippen molar-refractivity contribution in [2.24, 2.45) is 0 Å². The maximum Gasteiger partial charge on any atom is 0.410 e. The smallest absolute Gasteiger partial charge is 0.410 e. The van der Waals surface area contributed by atoms with Crippen molar-refractivity contribution < 1.29 is 14.6 Å². The van der Waals surface area contributed by atoms with Crippen LogP contribution in [0, 0.1) is 0 Å². The van der Waals surface area contributed by atoms with Crippen LogP contribution in [0.4, 0.5) is 4.79 Å². The minimum Gasteiger partial charge on any atom is -0.444 e. The molecule has 0 spiro atoms. The van der Waals surface area contributed by atoms with E-state index >= 15 is 0 Å². The van der Waals surface area contributed by atoms with Gasteiger partial charge in [-0.15, -0.1) is 11.8 Å². The van der Waals surface area contributed by atoms with Crippen molar-refractivity contribution in [1.82, 2.24) is 14.7 Å². The van der Waals surface area contributed by atoms with Gasteiger partial charge in [0.25, 0.3) is 0 Å². The summed E-state index contributed by atoms with van der Waals surface area (Å²) < 4.78 is 7.54. The zero-order valence-corrected chi connectivity index (χ0v) is 15.7. The number of aliphatic hydroxyl groups is 1. The van der Waals surface area contributed by atoms with E-state index < -0.39 is 5.60 Å². The number of amides is 1. The summed E-state index contributed by atoms with van der Waals surface area (Å²) in [5, 5.41) is 14.6. The fraction of sp³-hybridized carbons (Fsp3) is 0.765. The van der Waals surface area contributed by atoms with Gasteiger partial charge in [0.1, 0.15) is 5.60 Å². The summed E-state index contributed by atoms with van der Waals surface area (Å²) in [7, 11) is 0. The predicted octanol–water partition coefficient (Wildman–Crippen LogP) is 3.03. The summed E-state index contributed by atoms with van der Waals surface area (Å²) in [5.41, 5.74) is 0.580. The summed E-state index contributed by atoms with van der Waals surface area (Å²) in [6, 6.07) is 0.0541. The first kappa shape index (κ1) is 17.6. The molecule has 1 aliphatic heterocycles. The van der Waals surface area contributed by atoms with Gasteiger partial charge in [0.2, 0.25) is 0 Å². The first-order chi connectivity index (χ1) is 11.2. The fourth-order valence-corrected chi connectivity index (χ4v) is 4.59. The molecular formula is C17H27N3O3S. The van der Waals surface area contributed by atoms with E-state index in [-0.39, 0.29) is 18.2 Å². The van der Waals surface area contributed by atoms with Crippen molar-refractivity contribution in [2.75, 3.05) is 0 Å². The lowest BCUT2D eigenvalue weighted by Gasteiger charge is -2.35. The molecule has 134 valence electrons. The SMILES string of the molecule is C[C@H]1Cn2ncc(SC3CCC(O)C3)c2CN1C(=O)OC(C)(C)C. The second kappa shape index (κ2) is 6.59. The molecule has 1 fully saturated rings. The van der Waals surface area contributed by atoms with Gasteiger partial charge in [-0.25, -0.2) is 4.79 Å². The molecule has 1 amide bonds. The summed E-state index contributed by atoms with van der Waals surface area (Å²) in [6.45, 7) is 8.88. The summed E-state index contributed by atoms with van der Waals surface area (Å²) in [5.74, 6) is 0. The number of hydrogen-bond acceptors (Lipinski definition) is 5. The molecule has 2 unspecified atom stereocenters. The monoisotopic (exact) mass is 353 g/mol. The van der Waals surface area contributed by atoms with E-state index in [9.17, 15) is 9.90 Å². The molecule has 3 atom stereocenters. The zero-order chi connectivity index (χ0) is 17.5. The van der Waals surface area contributed by atoms with Crippen LogP contribution in [0.5, 0.6) is 0 Å². The van der Waals surface area contributed by atoms with Gasteiger partial charge in [-0.3, -0.25) is 9.58 Å². The largest absolute Gasteiger partial charge is 0.444 e. The highest BCUT2D eigenvalue weighted by atomic mass is 32.2.